The molecule has 0 fully saturated rings. The first-order chi connectivity index (χ1) is 7.19. The zero-order valence-electron chi connectivity index (χ0n) is 9.59. The summed E-state index contributed by atoms with van der Waals surface area (Å²) < 4.78 is 0. The van der Waals surface area contributed by atoms with Gasteiger partial charge >= 0.3 is 0 Å². The number of benzene rings is 1. The molecule has 0 nitrogen and oxygen atoms in total. The smallest absolute Gasteiger partial charge is 0.0395 e. The van der Waals surface area contributed by atoms with Gasteiger partial charge in [-0.15, -0.1) is 0 Å². The molecule has 0 aliphatic heterocycles. The van der Waals surface area contributed by atoms with Crippen LogP contribution in [0.4, 0.5) is 0 Å². The zero-order valence-corrected chi connectivity index (χ0v) is 11.2. The molecule has 15 heavy (non-hydrogen) atoms. The van der Waals surface area contributed by atoms with Gasteiger partial charge < -0.3 is 0 Å². The fourth-order valence-electron chi connectivity index (χ4n) is 1.55. The molecule has 0 spiro atoms. The number of alkyl halides is 1. The molecule has 82 valence electrons. The summed E-state index contributed by atoms with van der Waals surface area (Å²) in [5.74, 6) is 0. The molecule has 0 saturated carbocycles. The van der Waals surface area contributed by atoms with Crippen molar-refractivity contribution in [2.45, 2.75) is 37.9 Å². The number of halogens is 1. The summed E-state index contributed by atoms with van der Waals surface area (Å²) in [5, 5.41) is 0. The average Bonchev–Trinajstić information content (AvgIpc) is 2.28. The van der Waals surface area contributed by atoms with Crippen LogP contribution in [-0.4, -0.2) is 0 Å². The molecule has 1 rings (SSSR count). The van der Waals surface area contributed by atoms with Crippen LogP contribution < -0.4 is 0 Å². The van der Waals surface area contributed by atoms with Crippen molar-refractivity contribution >= 4 is 21.5 Å². The summed E-state index contributed by atoms with van der Waals surface area (Å²) in [6.07, 6.45) is 3.42. The summed E-state index contributed by atoms with van der Waals surface area (Å²) in [6.45, 7) is 8.39. The predicted octanol–water partition coefficient (Wildman–Crippen LogP) is 5.35. The van der Waals surface area contributed by atoms with Crippen molar-refractivity contribution < 1.29 is 0 Å². The van der Waals surface area contributed by atoms with E-state index in [0.717, 1.165) is 6.42 Å². The quantitative estimate of drug-likeness (QED) is 0.631. The Labute approximate surface area is 102 Å². The van der Waals surface area contributed by atoms with E-state index >= 15 is 0 Å². The SMILES string of the molecule is C=C(CC)c1ccc(C(Br)CCC)cc1. The van der Waals surface area contributed by atoms with Gasteiger partial charge in [-0.1, -0.05) is 67.0 Å². The molecule has 1 aromatic carbocycles. The standard InChI is InChI=1S/C14H19Br/c1-4-6-14(15)13-9-7-12(8-10-13)11(3)5-2/h7-10,14H,3-6H2,1-2H3. The third-order valence-electron chi connectivity index (χ3n) is 2.65. The van der Waals surface area contributed by atoms with Gasteiger partial charge in [0.1, 0.15) is 0 Å². The number of hydrogen-bond donors (Lipinski definition) is 0. The van der Waals surface area contributed by atoms with Gasteiger partial charge in [0.2, 0.25) is 0 Å². The van der Waals surface area contributed by atoms with Crippen LogP contribution in [0.25, 0.3) is 5.57 Å². The van der Waals surface area contributed by atoms with Crippen LogP contribution in [0.2, 0.25) is 0 Å². The van der Waals surface area contributed by atoms with E-state index in [2.05, 4.69) is 60.6 Å². The highest BCUT2D eigenvalue weighted by Gasteiger charge is 2.05. The first-order valence-corrected chi connectivity index (χ1v) is 6.52. The zero-order chi connectivity index (χ0) is 11.3. The van der Waals surface area contributed by atoms with Gasteiger partial charge in [0.25, 0.3) is 0 Å². The van der Waals surface area contributed by atoms with E-state index in [9.17, 15) is 0 Å². The Morgan fingerprint density at radius 3 is 2.33 bits per heavy atom. The summed E-state index contributed by atoms with van der Waals surface area (Å²) in [5.41, 5.74) is 3.84. The molecule has 0 aliphatic rings. The molecule has 0 N–H and O–H groups in total. The third-order valence-corrected chi connectivity index (χ3v) is 3.64. The van der Waals surface area contributed by atoms with E-state index in [1.54, 1.807) is 0 Å². The van der Waals surface area contributed by atoms with Crippen LogP contribution in [0.1, 0.15) is 49.1 Å². The molecule has 1 heteroatoms. The highest BCUT2D eigenvalue weighted by Crippen LogP contribution is 2.28. The fourth-order valence-corrected chi connectivity index (χ4v) is 2.31. The van der Waals surface area contributed by atoms with Gasteiger partial charge in [-0.05, 0) is 29.5 Å². The average molecular weight is 267 g/mol. The predicted molar refractivity (Wildman–Crippen MR) is 72.3 cm³/mol. The van der Waals surface area contributed by atoms with E-state index in [4.69, 9.17) is 0 Å². The molecule has 0 radical (unpaired) electrons. The minimum Gasteiger partial charge on any atom is -0.0952 e. The lowest BCUT2D eigenvalue weighted by Crippen LogP contribution is -1.90. The maximum atomic E-state index is 4.04. The molecule has 1 aromatic rings. The van der Waals surface area contributed by atoms with Crippen LogP contribution in [0.3, 0.4) is 0 Å². The van der Waals surface area contributed by atoms with E-state index < -0.39 is 0 Å². The fraction of sp³-hybridized carbons (Fsp3) is 0.429. The topological polar surface area (TPSA) is 0 Å². The highest BCUT2D eigenvalue weighted by molar-refractivity contribution is 9.09. The lowest BCUT2D eigenvalue weighted by molar-refractivity contribution is 0.788. The van der Waals surface area contributed by atoms with E-state index in [1.165, 1.54) is 29.5 Å². The molecule has 0 bridgehead atoms. The summed E-state index contributed by atoms with van der Waals surface area (Å²) >= 11 is 3.70. The first kappa shape index (κ1) is 12.5. The van der Waals surface area contributed by atoms with Crippen molar-refractivity contribution in [1.29, 1.82) is 0 Å². The molecule has 1 atom stereocenters. The Morgan fingerprint density at radius 1 is 1.27 bits per heavy atom. The Morgan fingerprint density at radius 2 is 1.87 bits per heavy atom. The molecule has 0 amide bonds. The van der Waals surface area contributed by atoms with Crippen molar-refractivity contribution in [3.8, 4) is 0 Å². The minimum atomic E-state index is 0.492. The van der Waals surface area contributed by atoms with Gasteiger partial charge in [-0.3, -0.25) is 0 Å². The van der Waals surface area contributed by atoms with Crippen LogP contribution in [0, 0.1) is 0 Å². The Balaban J connectivity index is 2.76. The van der Waals surface area contributed by atoms with E-state index in [-0.39, 0.29) is 0 Å². The van der Waals surface area contributed by atoms with Crippen molar-refractivity contribution in [2.75, 3.05) is 0 Å². The highest BCUT2D eigenvalue weighted by atomic mass is 79.9. The summed E-state index contributed by atoms with van der Waals surface area (Å²) in [4.78, 5) is 0.492. The first-order valence-electron chi connectivity index (χ1n) is 5.61. The molecule has 0 heterocycles. The third kappa shape index (κ3) is 3.49. The van der Waals surface area contributed by atoms with Gasteiger partial charge in [-0.25, -0.2) is 0 Å². The van der Waals surface area contributed by atoms with Crippen molar-refractivity contribution in [3.05, 3.63) is 42.0 Å². The van der Waals surface area contributed by atoms with Crippen LogP contribution in [0.5, 0.6) is 0 Å². The van der Waals surface area contributed by atoms with Gasteiger partial charge in [-0.2, -0.15) is 0 Å². The number of rotatable bonds is 5. The second kappa shape index (κ2) is 6.12. The molecule has 0 aliphatic carbocycles. The largest absolute Gasteiger partial charge is 0.0952 e. The monoisotopic (exact) mass is 266 g/mol. The van der Waals surface area contributed by atoms with Crippen molar-refractivity contribution in [3.63, 3.8) is 0 Å². The second-order valence-electron chi connectivity index (χ2n) is 3.84. The molecular formula is C14H19Br. The Hall–Kier alpha value is -0.560. The number of hydrogen-bond acceptors (Lipinski definition) is 0. The van der Waals surface area contributed by atoms with Crippen LogP contribution in [-0.2, 0) is 0 Å². The lowest BCUT2D eigenvalue weighted by atomic mass is 10.0. The van der Waals surface area contributed by atoms with Gasteiger partial charge in [0.05, 0.1) is 0 Å². The molecule has 0 aromatic heterocycles. The Bertz CT molecular complexity index is 311. The summed E-state index contributed by atoms with van der Waals surface area (Å²) in [6, 6.07) is 8.74. The van der Waals surface area contributed by atoms with Crippen molar-refractivity contribution in [1.82, 2.24) is 0 Å². The maximum absolute atomic E-state index is 4.04. The maximum Gasteiger partial charge on any atom is 0.0395 e. The molecular weight excluding hydrogens is 248 g/mol. The normalized spacial score (nSPS) is 12.5. The number of allylic oxidation sites excluding steroid dienone is 1. The molecule has 0 saturated heterocycles. The Kier molecular flexibility index (Phi) is 5.10. The second-order valence-corrected chi connectivity index (χ2v) is 4.94. The molecule has 1 unspecified atom stereocenters. The van der Waals surface area contributed by atoms with E-state index in [1.807, 2.05) is 0 Å². The van der Waals surface area contributed by atoms with Gasteiger partial charge in [0, 0.05) is 4.83 Å². The van der Waals surface area contributed by atoms with Crippen LogP contribution >= 0.6 is 15.9 Å². The van der Waals surface area contributed by atoms with Crippen LogP contribution in [0.15, 0.2) is 30.8 Å². The summed E-state index contributed by atoms with van der Waals surface area (Å²) in [7, 11) is 0. The van der Waals surface area contributed by atoms with E-state index in [0.29, 0.717) is 4.83 Å². The lowest BCUT2D eigenvalue weighted by Gasteiger charge is -2.10. The van der Waals surface area contributed by atoms with Gasteiger partial charge in [0.15, 0.2) is 0 Å². The van der Waals surface area contributed by atoms with Crippen molar-refractivity contribution in [2.24, 2.45) is 0 Å². The minimum absolute atomic E-state index is 0.492.